The summed E-state index contributed by atoms with van der Waals surface area (Å²) in [6.07, 6.45) is 0.328. The number of aliphatic carboxylic acids is 1. The molecular formula is C21H31N3O6S. The monoisotopic (exact) mass is 453 g/mol. The molecule has 0 aliphatic carbocycles. The second kappa shape index (κ2) is 13.2. The van der Waals surface area contributed by atoms with Gasteiger partial charge in [0.2, 0.25) is 5.91 Å². The molecule has 31 heavy (non-hydrogen) atoms. The van der Waals surface area contributed by atoms with Gasteiger partial charge in [-0.2, -0.15) is 11.8 Å². The van der Waals surface area contributed by atoms with Crippen LogP contribution in [0.25, 0.3) is 0 Å². The summed E-state index contributed by atoms with van der Waals surface area (Å²) in [6.45, 7) is 0.820. The number of thioether (sulfide) groups is 1. The second-order valence-electron chi connectivity index (χ2n) is 7.36. The van der Waals surface area contributed by atoms with Gasteiger partial charge < -0.3 is 25.6 Å². The van der Waals surface area contributed by atoms with Crippen molar-refractivity contribution in [3.05, 3.63) is 35.9 Å². The number of amides is 1. The molecule has 0 bridgehead atoms. The van der Waals surface area contributed by atoms with Crippen molar-refractivity contribution in [3.63, 3.8) is 0 Å². The molecule has 1 aliphatic heterocycles. The maximum absolute atomic E-state index is 13.3. The van der Waals surface area contributed by atoms with E-state index in [9.17, 15) is 19.5 Å². The number of carboxylic acid groups (broad SMARTS) is 2. The molecule has 9 nitrogen and oxygen atoms in total. The number of benzene rings is 1. The highest BCUT2D eigenvalue weighted by Gasteiger charge is 2.35. The summed E-state index contributed by atoms with van der Waals surface area (Å²) in [7, 11) is 0. The summed E-state index contributed by atoms with van der Waals surface area (Å²) < 4.78 is 4.90. The van der Waals surface area contributed by atoms with Gasteiger partial charge in [-0.05, 0) is 37.8 Å². The number of hydrogen-bond donors (Lipinski definition) is 4. The highest BCUT2D eigenvalue weighted by atomic mass is 32.2. The number of unbranched alkanes of at least 4 members (excludes halogenated alkanes) is 1. The van der Waals surface area contributed by atoms with Gasteiger partial charge >= 0.3 is 12.1 Å². The van der Waals surface area contributed by atoms with E-state index >= 15 is 0 Å². The number of nitrogens with zero attached hydrogens (tertiary/aromatic N) is 1. The van der Waals surface area contributed by atoms with Gasteiger partial charge in [-0.15, -0.1) is 0 Å². The van der Waals surface area contributed by atoms with Crippen molar-refractivity contribution >= 4 is 29.8 Å². The molecule has 0 spiro atoms. The minimum Gasteiger partial charge on any atom is -0.480 e. The van der Waals surface area contributed by atoms with E-state index in [4.69, 9.17) is 15.6 Å². The minimum atomic E-state index is -1.44. The summed E-state index contributed by atoms with van der Waals surface area (Å²) >= 11 is 1.51. The van der Waals surface area contributed by atoms with E-state index in [1.807, 2.05) is 30.3 Å². The summed E-state index contributed by atoms with van der Waals surface area (Å²) in [4.78, 5) is 37.6. The quantitative estimate of drug-likeness (QED) is 0.275. The van der Waals surface area contributed by atoms with Crippen LogP contribution in [0.4, 0.5) is 4.79 Å². The molecular weight excluding hydrogens is 422 g/mol. The standard InChI is InChI=1S/C21H31N3O6S/c22-11-5-4-8-16(19(25)24-12-13-31-14-18(24)30-21(28)29)23-17(20(26)27)10-9-15-6-2-1-3-7-15/h1-3,6-7,16-18,23H,4-5,8-14,22H2,(H,26,27)(H,28,29)/t16-,17?,18?/m0/s1. The first-order valence-corrected chi connectivity index (χ1v) is 11.6. The molecule has 2 rings (SSSR count). The molecule has 2 unspecified atom stereocenters. The van der Waals surface area contributed by atoms with Gasteiger partial charge in [0, 0.05) is 12.3 Å². The van der Waals surface area contributed by atoms with Crippen LogP contribution in [0, 0.1) is 0 Å². The van der Waals surface area contributed by atoms with E-state index in [1.165, 1.54) is 16.7 Å². The van der Waals surface area contributed by atoms with Gasteiger partial charge in [-0.3, -0.25) is 14.9 Å². The molecule has 1 aromatic rings. The van der Waals surface area contributed by atoms with Gasteiger partial charge in [-0.1, -0.05) is 36.8 Å². The zero-order chi connectivity index (χ0) is 22.6. The number of carbonyl (C=O) groups is 3. The van der Waals surface area contributed by atoms with Gasteiger partial charge in [0.1, 0.15) is 6.04 Å². The fourth-order valence-corrected chi connectivity index (χ4v) is 4.44. The average molecular weight is 454 g/mol. The van der Waals surface area contributed by atoms with Crippen LogP contribution < -0.4 is 11.1 Å². The molecule has 0 radical (unpaired) electrons. The summed E-state index contributed by atoms with van der Waals surface area (Å²) in [5, 5.41) is 21.7. The van der Waals surface area contributed by atoms with E-state index in [-0.39, 0.29) is 5.91 Å². The zero-order valence-electron chi connectivity index (χ0n) is 17.4. The second-order valence-corrected chi connectivity index (χ2v) is 8.51. The van der Waals surface area contributed by atoms with Gasteiger partial charge in [0.05, 0.1) is 11.8 Å². The van der Waals surface area contributed by atoms with Crippen LogP contribution in [0.3, 0.4) is 0 Å². The van der Waals surface area contributed by atoms with Crippen LogP contribution >= 0.6 is 11.8 Å². The van der Waals surface area contributed by atoms with Crippen molar-refractivity contribution in [1.29, 1.82) is 0 Å². The van der Waals surface area contributed by atoms with Gasteiger partial charge in [-0.25, -0.2) is 4.79 Å². The Morgan fingerprint density at radius 1 is 1.16 bits per heavy atom. The molecule has 1 fully saturated rings. The first-order chi connectivity index (χ1) is 14.9. The van der Waals surface area contributed by atoms with E-state index in [1.54, 1.807) is 0 Å². The summed E-state index contributed by atoms with van der Waals surface area (Å²) in [5.41, 5.74) is 6.59. The lowest BCUT2D eigenvalue weighted by molar-refractivity contribution is -0.145. The Hall–Kier alpha value is -2.30. The third-order valence-corrected chi connectivity index (χ3v) is 6.11. The molecule has 1 saturated heterocycles. The largest absolute Gasteiger partial charge is 0.507 e. The smallest absolute Gasteiger partial charge is 0.480 e. The van der Waals surface area contributed by atoms with Crippen LogP contribution in [-0.4, -0.2) is 76.1 Å². The number of nitrogens with one attached hydrogen (secondary N) is 1. The van der Waals surface area contributed by atoms with Crippen molar-refractivity contribution in [2.45, 2.75) is 50.4 Å². The molecule has 10 heteroatoms. The Kier molecular flexibility index (Phi) is 10.6. The van der Waals surface area contributed by atoms with Crippen molar-refractivity contribution in [3.8, 4) is 0 Å². The van der Waals surface area contributed by atoms with E-state index in [0.29, 0.717) is 56.7 Å². The van der Waals surface area contributed by atoms with E-state index in [0.717, 1.165) is 5.56 Å². The number of rotatable bonds is 12. The molecule has 1 amide bonds. The molecule has 1 aliphatic rings. The Labute approximate surface area is 186 Å². The highest BCUT2D eigenvalue weighted by molar-refractivity contribution is 7.99. The fraction of sp³-hybridized carbons (Fsp3) is 0.571. The average Bonchev–Trinajstić information content (AvgIpc) is 2.75. The summed E-state index contributed by atoms with van der Waals surface area (Å²) in [5.74, 6) is -0.351. The first kappa shape index (κ1) is 25.0. The molecule has 5 N–H and O–H groups in total. The zero-order valence-corrected chi connectivity index (χ0v) is 18.3. The predicted octanol–water partition coefficient (Wildman–Crippen LogP) is 1.76. The topological polar surface area (TPSA) is 142 Å². The maximum atomic E-state index is 13.3. The highest BCUT2D eigenvalue weighted by Crippen LogP contribution is 2.20. The molecule has 3 atom stereocenters. The van der Waals surface area contributed by atoms with Crippen LogP contribution in [0.5, 0.6) is 0 Å². The number of nitrogens with two attached hydrogens (primary N) is 1. The number of carbonyl (C=O) groups excluding carboxylic acids is 1. The van der Waals surface area contributed by atoms with Crippen LogP contribution in [0.15, 0.2) is 30.3 Å². The molecule has 0 saturated carbocycles. The third-order valence-electron chi connectivity index (χ3n) is 5.11. The van der Waals surface area contributed by atoms with E-state index in [2.05, 4.69) is 5.32 Å². The van der Waals surface area contributed by atoms with Crippen molar-refractivity contribution < 1.29 is 29.3 Å². The van der Waals surface area contributed by atoms with Gasteiger partial charge in [0.25, 0.3) is 0 Å². The Morgan fingerprint density at radius 3 is 2.55 bits per heavy atom. The molecule has 1 heterocycles. The maximum Gasteiger partial charge on any atom is 0.507 e. The lowest BCUT2D eigenvalue weighted by atomic mass is 10.0. The van der Waals surface area contributed by atoms with Crippen molar-refractivity contribution in [1.82, 2.24) is 10.2 Å². The Balaban J connectivity index is 2.10. The Bertz CT molecular complexity index is 720. The molecule has 1 aromatic carbocycles. The van der Waals surface area contributed by atoms with Gasteiger partial charge in [0.15, 0.2) is 6.23 Å². The van der Waals surface area contributed by atoms with Crippen molar-refractivity contribution in [2.75, 3.05) is 24.6 Å². The summed E-state index contributed by atoms with van der Waals surface area (Å²) in [6, 6.07) is 7.89. The third kappa shape index (κ3) is 8.39. The van der Waals surface area contributed by atoms with Crippen LogP contribution in [-0.2, 0) is 20.7 Å². The van der Waals surface area contributed by atoms with Crippen LogP contribution in [0.2, 0.25) is 0 Å². The lowest BCUT2D eigenvalue weighted by Gasteiger charge is -2.36. The predicted molar refractivity (Wildman–Crippen MR) is 118 cm³/mol. The number of carboxylic acids is 1. The minimum absolute atomic E-state index is 0.324. The lowest BCUT2D eigenvalue weighted by Crippen LogP contribution is -2.57. The van der Waals surface area contributed by atoms with Crippen molar-refractivity contribution in [2.24, 2.45) is 5.73 Å². The molecule has 0 aromatic heterocycles. The number of hydrogen-bond acceptors (Lipinski definition) is 7. The fourth-order valence-electron chi connectivity index (χ4n) is 3.49. The Morgan fingerprint density at radius 2 is 1.90 bits per heavy atom. The van der Waals surface area contributed by atoms with E-state index < -0.39 is 30.4 Å². The normalized spacial score (nSPS) is 18.2. The molecule has 172 valence electrons. The number of ether oxygens (including phenoxy) is 1. The van der Waals surface area contributed by atoms with Crippen LogP contribution in [0.1, 0.15) is 31.2 Å². The SMILES string of the molecule is NCCCC[C@H](NC(CCc1ccccc1)C(=O)O)C(=O)N1CCSCC1OC(=O)O. The first-order valence-electron chi connectivity index (χ1n) is 10.4. The number of aryl methyl sites for hydroxylation is 1.